The third kappa shape index (κ3) is 1.42. The molecule has 2 radical (unpaired) electrons. The van der Waals surface area contributed by atoms with Crippen LogP contribution >= 0.6 is 0 Å². The summed E-state index contributed by atoms with van der Waals surface area (Å²) in [5.74, 6) is 0.447. The van der Waals surface area contributed by atoms with Crippen molar-refractivity contribution in [3.05, 3.63) is 23.8 Å². The van der Waals surface area contributed by atoms with Crippen molar-refractivity contribution in [3.63, 3.8) is 0 Å². The van der Waals surface area contributed by atoms with E-state index in [2.05, 4.69) is 0 Å². The highest BCUT2D eigenvalue weighted by molar-refractivity contribution is 6.34. The smallest absolute Gasteiger partial charge is 0.153 e. The lowest BCUT2D eigenvalue weighted by Crippen LogP contribution is -2.08. The second-order valence-corrected chi connectivity index (χ2v) is 2.09. The zero-order valence-corrected chi connectivity index (χ0v) is 6.20. The third-order valence-electron chi connectivity index (χ3n) is 1.41. The van der Waals surface area contributed by atoms with Crippen molar-refractivity contribution < 1.29 is 9.53 Å². The summed E-state index contributed by atoms with van der Waals surface area (Å²) in [6, 6.07) is 5.05. The lowest BCUT2D eigenvalue weighted by molar-refractivity contribution is 0.112. The van der Waals surface area contributed by atoms with Crippen LogP contribution in [0, 0.1) is 0 Å². The van der Waals surface area contributed by atoms with Crippen molar-refractivity contribution in [1.82, 2.24) is 0 Å². The summed E-state index contributed by atoms with van der Waals surface area (Å²) in [7, 11) is 7.01. The van der Waals surface area contributed by atoms with Gasteiger partial charge < -0.3 is 4.74 Å². The molecule has 54 valence electrons. The molecule has 1 aromatic carbocycles. The topological polar surface area (TPSA) is 26.3 Å². The fourth-order valence-electron chi connectivity index (χ4n) is 0.902. The van der Waals surface area contributed by atoms with E-state index in [-0.39, 0.29) is 0 Å². The molecule has 0 aliphatic heterocycles. The molecule has 0 saturated carbocycles. The van der Waals surface area contributed by atoms with E-state index in [9.17, 15) is 4.79 Å². The molecule has 0 aliphatic rings. The van der Waals surface area contributed by atoms with E-state index in [1.165, 1.54) is 7.11 Å². The monoisotopic (exact) mass is 146 g/mol. The van der Waals surface area contributed by atoms with E-state index in [1.807, 2.05) is 0 Å². The van der Waals surface area contributed by atoms with Crippen molar-refractivity contribution in [2.24, 2.45) is 0 Å². The van der Waals surface area contributed by atoms with Gasteiger partial charge in [0.15, 0.2) is 6.29 Å². The van der Waals surface area contributed by atoms with Crippen LogP contribution in [0.2, 0.25) is 0 Å². The van der Waals surface area contributed by atoms with Gasteiger partial charge >= 0.3 is 0 Å². The number of aldehydes is 1. The summed E-state index contributed by atoms with van der Waals surface area (Å²) in [5.41, 5.74) is 0.963. The van der Waals surface area contributed by atoms with E-state index in [0.717, 1.165) is 6.29 Å². The predicted molar refractivity (Wildman–Crippen MR) is 43.8 cm³/mol. The van der Waals surface area contributed by atoms with Crippen LogP contribution in [-0.2, 0) is 0 Å². The average Bonchev–Trinajstić information content (AvgIpc) is 2.04. The molecule has 0 heterocycles. The highest BCUT2D eigenvalue weighted by atomic mass is 16.5. The summed E-state index contributed by atoms with van der Waals surface area (Å²) in [5, 5.41) is 0. The molecule has 1 rings (SSSR count). The van der Waals surface area contributed by atoms with Crippen LogP contribution in [0.3, 0.4) is 0 Å². The maximum Gasteiger partial charge on any atom is 0.153 e. The third-order valence-corrected chi connectivity index (χ3v) is 1.41. The summed E-state index contributed by atoms with van der Waals surface area (Å²) in [6.45, 7) is 0. The lowest BCUT2D eigenvalue weighted by atomic mass is 9.93. The second-order valence-electron chi connectivity index (χ2n) is 2.09. The highest BCUT2D eigenvalue weighted by Gasteiger charge is 2.02. The molecule has 0 atom stereocenters. The first-order chi connectivity index (χ1) is 5.29. The molecular weight excluding hydrogens is 139 g/mol. The van der Waals surface area contributed by atoms with Crippen LogP contribution in [0.15, 0.2) is 18.2 Å². The molecule has 0 bridgehead atoms. The van der Waals surface area contributed by atoms with Gasteiger partial charge in [-0.1, -0.05) is 17.6 Å². The molecule has 0 unspecified atom stereocenters. The van der Waals surface area contributed by atoms with Crippen molar-refractivity contribution in [2.45, 2.75) is 0 Å². The number of benzene rings is 1. The van der Waals surface area contributed by atoms with Gasteiger partial charge in [-0.2, -0.15) is 0 Å². The van der Waals surface area contributed by atoms with E-state index >= 15 is 0 Å². The first kappa shape index (κ1) is 7.86. The van der Waals surface area contributed by atoms with E-state index < -0.39 is 0 Å². The number of hydrogen-bond donors (Lipinski definition) is 0. The van der Waals surface area contributed by atoms with Crippen LogP contribution in [-0.4, -0.2) is 21.2 Å². The van der Waals surface area contributed by atoms with Gasteiger partial charge in [0.05, 0.1) is 12.7 Å². The average molecular weight is 146 g/mol. The quantitative estimate of drug-likeness (QED) is 0.443. The van der Waals surface area contributed by atoms with Crippen molar-refractivity contribution >= 4 is 19.6 Å². The Hall–Kier alpha value is -1.25. The highest BCUT2D eigenvalue weighted by Crippen LogP contribution is 2.10. The minimum Gasteiger partial charge on any atom is -0.497 e. The standard InChI is InChI=1S/C8H7BO2/c1-11-8-6(5-10)3-2-4-7(8)9/h2-5H,1H3. The number of carbonyl (C=O) groups excluding carboxylic acids is 1. The Morgan fingerprint density at radius 3 is 2.73 bits per heavy atom. The van der Waals surface area contributed by atoms with Crippen molar-refractivity contribution in [1.29, 1.82) is 0 Å². The number of ether oxygens (including phenoxy) is 1. The first-order valence-electron chi connectivity index (χ1n) is 3.17. The Morgan fingerprint density at radius 2 is 2.27 bits per heavy atom. The molecule has 0 fully saturated rings. The molecule has 2 nitrogen and oxygen atoms in total. The Labute approximate surface area is 66.6 Å². The van der Waals surface area contributed by atoms with Gasteiger partial charge in [-0.15, -0.1) is 0 Å². The fraction of sp³-hybridized carbons (Fsp3) is 0.125. The summed E-state index contributed by atoms with van der Waals surface area (Å²) in [6.07, 6.45) is 0.717. The van der Waals surface area contributed by atoms with Gasteiger partial charge in [-0.25, -0.2) is 0 Å². The van der Waals surface area contributed by atoms with Gasteiger partial charge in [-0.05, 0) is 6.07 Å². The second kappa shape index (κ2) is 3.24. The summed E-state index contributed by atoms with van der Waals surface area (Å²) in [4.78, 5) is 10.4. The molecule has 0 saturated heterocycles. The Balaban J connectivity index is 3.23. The minimum absolute atomic E-state index is 0.447. The van der Waals surface area contributed by atoms with Crippen LogP contribution < -0.4 is 10.2 Å². The molecule has 0 aliphatic carbocycles. The normalized spacial score (nSPS) is 9.18. The zero-order valence-electron chi connectivity index (χ0n) is 6.20. The Morgan fingerprint density at radius 1 is 1.55 bits per heavy atom. The number of rotatable bonds is 2. The number of hydrogen-bond acceptors (Lipinski definition) is 2. The molecule has 1 aromatic rings. The maximum absolute atomic E-state index is 10.4. The van der Waals surface area contributed by atoms with Gasteiger partial charge in [0.1, 0.15) is 13.6 Å². The Bertz CT molecular complexity index is 271. The largest absolute Gasteiger partial charge is 0.497 e. The van der Waals surface area contributed by atoms with Gasteiger partial charge in [0.2, 0.25) is 0 Å². The van der Waals surface area contributed by atoms with Crippen LogP contribution in [0.1, 0.15) is 10.4 Å². The van der Waals surface area contributed by atoms with Crippen LogP contribution in [0.5, 0.6) is 5.75 Å². The number of methoxy groups -OCH3 is 1. The number of carbonyl (C=O) groups is 1. The number of para-hydroxylation sites is 1. The summed E-state index contributed by atoms with van der Waals surface area (Å²) < 4.78 is 4.91. The van der Waals surface area contributed by atoms with Crippen LogP contribution in [0.25, 0.3) is 0 Å². The van der Waals surface area contributed by atoms with Crippen LogP contribution in [0.4, 0.5) is 0 Å². The molecular formula is C8H7BO2. The van der Waals surface area contributed by atoms with Crippen molar-refractivity contribution in [2.75, 3.05) is 7.11 Å². The molecule has 3 heteroatoms. The predicted octanol–water partition coefficient (Wildman–Crippen LogP) is 0.301. The van der Waals surface area contributed by atoms with Crippen molar-refractivity contribution in [3.8, 4) is 5.75 Å². The maximum atomic E-state index is 10.4. The molecule has 0 aromatic heterocycles. The molecule has 0 spiro atoms. The molecule has 0 N–H and O–H groups in total. The van der Waals surface area contributed by atoms with E-state index in [4.69, 9.17) is 12.6 Å². The van der Waals surface area contributed by atoms with E-state index in [1.54, 1.807) is 18.2 Å². The molecule has 11 heavy (non-hydrogen) atoms. The zero-order chi connectivity index (χ0) is 8.27. The minimum atomic E-state index is 0.447. The van der Waals surface area contributed by atoms with Gasteiger partial charge in [0.25, 0.3) is 0 Å². The van der Waals surface area contributed by atoms with Gasteiger partial charge in [-0.3, -0.25) is 4.79 Å². The fourth-order valence-corrected chi connectivity index (χ4v) is 0.902. The van der Waals surface area contributed by atoms with Gasteiger partial charge in [0, 0.05) is 0 Å². The summed E-state index contributed by atoms with van der Waals surface area (Å²) >= 11 is 0. The first-order valence-corrected chi connectivity index (χ1v) is 3.17. The molecule has 0 amide bonds. The Kier molecular flexibility index (Phi) is 2.31. The SMILES string of the molecule is [B]c1cccc(C=O)c1OC. The van der Waals surface area contributed by atoms with E-state index in [0.29, 0.717) is 16.8 Å². The lowest BCUT2D eigenvalue weighted by Gasteiger charge is -2.05.